The molecule has 0 saturated carbocycles. The second-order valence-corrected chi connectivity index (χ2v) is 6.54. The molecule has 0 unspecified atom stereocenters. The molecule has 0 spiro atoms. The second-order valence-electron chi connectivity index (χ2n) is 6.54. The summed E-state index contributed by atoms with van der Waals surface area (Å²) in [7, 11) is 2.04. The third kappa shape index (κ3) is 3.94. The van der Waals surface area contributed by atoms with Crippen LogP contribution in [0, 0.1) is 11.3 Å². The SMILES string of the molecule is C=CCNC(=O)C(C#N)=Cc1c(N2CCN(C)CC2)nc2ccccn2c1=O. The Bertz CT molecular complexity index is 1030. The van der Waals surface area contributed by atoms with Crippen LogP contribution in [0.5, 0.6) is 0 Å². The van der Waals surface area contributed by atoms with Crippen molar-refractivity contribution >= 4 is 23.4 Å². The number of rotatable bonds is 5. The van der Waals surface area contributed by atoms with Crippen molar-refractivity contribution in [3.8, 4) is 6.07 Å². The summed E-state index contributed by atoms with van der Waals surface area (Å²) in [5, 5.41) is 12.0. The summed E-state index contributed by atoms with van der Waals surface area (Å²) in [4.78, 5) is 34.3. The van der Waals surface area contributed by atoms with E-state index in [0.717, 1.165) is 13.1 Å². The van der Waals surface area contributed by atoms with Gasteiger partial charge in [0, 0.05) is 38.9 Å². The fraction of sp³-hybridized carbons (Fsp3) is 0.300. The lowest BCUT2D eigenvalue weighted by Crippen LogP contribution is -2.45. The van der Waals surface area contributed by atoms with Gasteiger partial charge < -0.3 is 15.1 Å². The molecule has 1 saturated heterocycles. The number of amides is 1. The number of fused-ring (bicyclic) bond motifs is 1. The van der Waals surface area contributed by atoms with Crippen molar-refractivity contribution in [1.29, 1.82) is 5.26 Å². The van der Waals surface area contributed by atoms with Crippen LogP contribution in [0.2, 0.25) is 0 Å². The van der Waals surface area contributed by atoms with Crippen LogP contribution >= 0.6 is 0 Å². The minimum Gasteiger partial charge on any atom is -0.353 e. The second kappa shape index (κ2) is 8.50. The first-order chi connectivity index (χ1) is 13.5. The van der Waals surface area contributed by atoms with Gasteiger partial charge in [-0.25, -0.2) is 4.98 Å². The molecule has 1 amide bonds. The number of nitrogens with one attached hydrogen (secondary N) is 1. The Hall–Kier alpha value is -3.44. The van der Waals surface area contributed by atoms with Gasteiger partial charge in [0.1, 0.15) is 23.1 Å². The molecular formula is C20H22N6O2. The van der Waals surface area contributed by atoms with Gasteiger partial charge in [-0.05, 0) is 25.3 Å². The number of hydrogen-bond donors (Lipinski definition) is 1. The molecule has 2 aromatic heterocycles. The average molecular weight is 378 g/mol. The van der Waals surface area contributed by atoms with Gasteiger partial charge in [0.2, 0.25) is 0 Å². The van der Waals surface area contributed by atoms with Gasteiger partial charge in [-0.1, -0.05) is 12.1 Å². The number of carbonyl (C=O) groups is 1. The topological polar surface area (TPSA) is 93.7 Å². The van der Waals surface area contributed by atoms with E-state index < -0.39 is 5.91 Å². The summed E-state index contributed by atoms with van der Waals surface area (Å²) >= 11 is 0. The summed E-state index contributed by atoms with van der Waals surface area (Å²) in [6.07, 6.45) is 4.48. The minimum absolute atomic E-state index is 0.146. The van der Waals surface area contributed by atoms with Crippen molar-refractivity contribution in [3.05, 3.63) is 58.5 Å². The van der Waals surface area contributed by atoms with Crippen molar-refractivity contribution in [2.75, 3.05) is 44.7 Å². The van der Waals surface area contributed by atoms with Crippen LogP contribution in [0.4, 0.5) is 5.82 Å². The normalized spacial score (nSPS) is 15.3. The van der Waals surface area contributed by atoms with Crippen LogP contribution in [0.25, 0.3) is 11.7 Å². The molecule has 0 radical (unpaired) electrons. The molecule has 0 atom stereocenters. The molecule has 0 aromatic carbocycles. The fourth-order valence-electron chi connectivity index (χ4n) is 3.03. The molecule has 1 aliphatic heterocycles. The Kier molecular flexibility index (Phi) is 5.87. The summed E-state index contributed by atoms with van der Waals surface area (Å²) in [5.41, 5.74) is 0.294. The van der Waals surface area contributed by atoms with E-state index in [4.69, 9.17) is 0 Å². The maximum absolute atomic E-state index is 13.1. The molecule has 8 heteroatoms. The lowest BCUT2D eigenvalue weighted by molar-refractivity contribution is -0.116. The number of aromatic nitrogens is 2. The maximum atomic E-state index is 13.1. The Morgan fingerprint density at radius 1 is 1.36 bits per heavy atom. The number of nitriles is 1. The van der Waals surface area contributed by atoms with E-state index in [0.29, 0.717) is 24.6 Å². The van der Waals surface area contributed by atoms with Crippen molar-refractivity contribution in [2.24, 2.45) is 0 Å². The molecule has 2 aromatic rings. The molecule has 28 heavy (non-hydrogen) atoms. The number of piperazine rings is 1. The summed E-state index contributed by atoms with van der Waals surface area (Å²) in [6, 6.07) is 7.20. The predicted octanol–water partition coefficient (Wildman–Crippen LogP) is 0.655. The monoisotopic (exact) mass is 378 g/mol. The van der Waals surface area contributed by atoms with Crippen LogP contribution in [0.3, 0.4) is 0 Å². The fourth-order valence-corrected chi connectivity index (χ4v) is 3.03. The largest absolute Gasteiger partial charge is 0.353 e. The Morgan fingerprint density at radius 2 is 2.11 bits per heavy atom. The summed E-state index contributed by atoms with van der Waals surface area (Å²) in [6.45, 7) is 6.86. The van der Waals surface area contributed by atoms with Gasteiger partial charge in [-0.3, -0.25) is 14.0 Å². The summed E-state index contributed by atoms with van der Waals surface area (Å²) in [5.74, 6) is -0.0575. The number of hydrogen-bond acceptors (Lipinski definition) is 6. The van der Waals surface area contributed by atoms with E-state index in [-0.39, 0.29) is 23.2 Å². The molecule has 1 N–H and O–H groups in total. The molecule has 3 heterocycles. The first-order valence-electron chi connectivity index (χ1n) is 9.01. The lowest BCUT2D eigenvalue weighted by Gasteiger charge is -2.34. The Balaban J connectivity index is 2.14. The maximum Gasteiger partial charge on any atom is 0.267 e. The highest BCUT2D eigenvalue weighted by Gasteiger charge is 2.22. The van der Waals surface area contributed by atoms with Gasteiger partial charge >= 0.3 is 0 Å². The highest BCUT2D eigenvalue weighted by atomic mass is 16.1. The van der Waals surface area contributed by atoms with Gasteiger partial charge in [0.25, 0.3) is 11.5 Å². The number of nitrogens with zero attached hydrogens (tertiary/aromatic N) is 5. The smallest absolute Gasteiger partial charge is 0.267 e. The van der Waals surface area contributed by atoms with Crippen molar-refractivity contribution < 1.29 is 4.79 Å². The zero-order valence-corrected chi connectivity index (χ0v) is 15.8. The van der Waals surface area contributed by atoms with Gasteiger partial charge in [0.05, 0.1) is 5.56 Å². The molecule has 8 nitrogen and oxygen atoms in total. The molecule has 3 rings (SSSR count). The molecule has 1 aliphatic rings. The molecule has 144 valence electrons. The predicted molar refractivity (Wildman–Crippen MR) is 108 cm³/mol. The first-order valence-corrected chi connectivity index (χ1v) is 9.01. The zero-order chi connectivity index (χ0) is 20.1. The molecule has 0 aliphatic carbocycles. The highest BCUT2D eigenvalue weighted by molar-refractivity contribution is 6.02. The zero-order valence-electron chi connectivity index (χ0n) is 15.8. The molecule has 0 bridgehead atoms. The first kappa shape index (κ1) is 19.3. The van der Waals surface area contributed by atoms with Crippen LogP contribution < -0.4 is 15.8 Å². The van der Waals surface area contributed by atoms with E-state index in [2.05, 4.69) is 21.8 Å². The highest BCUT2D eigenvalue weighted by Crippen LogP contribution is 2.20. The number of carbonyl (C=O) groups excluding carboxylic acids is 1. The van der Waals surface area contributed by atoms with E-state index in [1.165, 1.54) is 16.6 Å². The van der Waals surface area contributed by atoms with Gasteiger partial charge in [0.15, 0.2) is 0 Å². The van der Waals surface area contributed by atoms with Gasteiger partial charge in [-0.15, -0.1) is 6.58 Å². The standard InChI is InChI=1S/C20H22N6O2/c1-3-7-22-19(27)15(14-21)13-16-18(25-11-9-24(2)10-12-25)23-17-6-4-5-8-26(17)20(16)28/h3-6,8,13H,1,7,9-12H2,2H3,(H,22,27). The number of anilines is 1. The average Bonchev–Trinajstić information content (AvgIpc) is 2.72. The number of pyridine rings is 1. The van der Waals surface area contributed by atoms with Crippen LogP contribution in [0.1, 0.15) is 5.56 Å². The van der Waals surface area contributed by atoms with E-state index >= 15 is 0 Å². The van der Waals surface area contributed by atoms with Crippen molar-refractivity contribution in [2.45, 2.75) is 0 Å². The van der Waals surface area contributed by atoms with Crippen LogP contribution in [0.15, 0.2) is 47.4 Å². The number of likely N-dealkylation sites (N-methyl/N-ethyl adjacent to an activating group) is 1. The Morgan fingerprint density at radius 3 is 2.79 bits per heavy atom. The van der Waals surface area contributed by atoms with E-state index in [9.17, 15) is 14.9 Å². The minimum atomic E-state index is -0.552. The van der Waals surface area contributed by atoms with E-state index in [1.54, 1.807) is 18.3 Å². The van der Waals surface area contributed by atoms with E-state index in [1.807, 2.05) is 24.1 Å². The van der Waals surface area contributed by atoms with Gasteiger partial charge in [-0.2, -0.15) is 5.26 Å². The van der Waals surface area contributed by atoms with Crippen LogP contribution in [-0.4, -0.2) is 60.0 Å². The lowest BCUT2D eigenvalue weighted by atomic mass is 10.1. The van der Waals surface area contributed by atoms with Crippen LogP contribution in [-0.2, 0) is 4.79 Å². The summed E-state index contributed by atoms with van der Waals surface area (Å²) < 4.78 is 1.42. The quantitative estimate of drug-likeness (QED) is 0.467. The van der Waals surface area contributed by atoms with Crippen molar-refractivity contribution in [1.82, 2.24) is 19.6 Å². The molecular weight excluding hydrogens is 356 g/mol. The van der Waals surface area contributed by atoms with Crippen molar-refractivity contribution in [3.63, 3.8) is 0 Å². The third-order valence-electron chi connectivity index (χ3n) is 4.61. The Labute approximate surface area is 163 Å². The molecule has 1 fully saturated rings. The third-order valence-corrected chi connectivity index (χ3v) is 4.61.